The van der Waals surface area contributed by atoms with Crippen molar-refractivity contribution in [3.63, 3.8) is 0 Å². The highest BCUT2D eigenvalue weighted by Gasteiger charge is 2.31. The minimum absolute atomic E-state index is 0.0514. The lowest BCUT2D eigenvalue weighted by Crippen LogP contribution is -2.43. The number of hydrogen-bond donors (Lipinski definition) is 1. The van der Waals surface area contributed by atoms with Gasteiger partial charge in [-0.25, -0.2) is 14.2 Å². The summed E-state index contributed by atoms with van der Waals surface area (Å²) in [4.78, 5) is 32.7. The predicted octanol–water partition coefficient (Wildman–Crippen LogP) is 7.06. The Morgan fingerprint density at radius 3 is 2.41 bits per heavy atom. The smallest absolute Gasteiger partial charge is 0.345 e. The normalized spacial score (nSPS) is 16.6. The molecule has 1 saturated heterocycles. The predicted molar refractivity (Wildman–Crippen MR) is 173 cm³/mol. The minimum Gasteiger partial charge on any atom is -0.477 e. The Bertz CT molecular complexity index is 1910. The number of aromatic nitrogens is 2. The van der Waals surface area contributed by atoms with Gasteiger partial charge in [-0.3, -0.25) is 9.00 Å². The average molecular weight is 630 g/mol. The molecule has 0 spiro atoms. The molecule has 10 heteroatoms. The van der Waals surface area contributed by atoms with E-state index in [-0.39, 0.29) is 29.1 Å². The summed E-state index contributed by atoms with van der Waals surface area (Å²) in [6, 6.07) is 18.1. The number of carbonyl (C=O) groups excluding carboxylic acids is 1. The second-order valence-electron chi connectivity index (χ2n) is 11.7. The van der Waals surface area contributed by atoms with Crippen LogP contribution < -0.4 is 0 Å². The molecular weight excluding hydrogens is 598 g/mol. The van der Waals surface area contributed by atoms with Crippen LogP contribution in [0.3, 0.4) is 0 Å². The van der Waals surface area contributed by atoms with Crippen LogP contribution in [-0.2, 0) is 22.1 Å². The number of nitrogens with zero attached hydrogens (tertiary/aromatic N) is 3. The van der Waals surface area contributed by atoms with Gasteiger partial charge in [-0.05, 0) is 78.4 Å². The fraction of sp³-hybridized carbons (Fsp3) is 0.324. The van der Waals surface area contributed by atoms with Gasteiger partial charge in [-0.1, -0.05) is 31.4 Å². The molecule has 1 amide bonds. The lowest BCUT2D eigenvalue weighted by molar-refractivity contribution is -0.131. The van der Waals surface area contributed by atoms with E-state index in [1.165, 1.54) is 29.9 Å². The molecule has 0 radical (unpaired) electrons. The van der Waals surface area contributed by atoms with E-state index in [0.29, 0.717) is 24.6 Å². The quantitative estimate of drug-likeness (QED) is 0.217. The minimum atomic E-state index is -0.965. The molecule has 1 aliphatic carbocycles. The van der Waals surface area contributed by atoms with Crippen molar-refractivity contribution in [1.82, 2.24) is 14.5 Å². The molecule has 2 fully saturated rings. The molecule has 0 bridgehead atoms. The molecular formula is C34H32FN3O4S2. The molecule has 7 rings (SSSR count). The molecule has 1 saturated carbocycles. The summed E-state index contributed by atoms with van der Waals surface area (Å²) in [5, 5.41) is 10.8. The van der Waals surface area contributed by atoms with Crippen LogP contribution in [-0.4, -0.2) is 60.2 Å². The van der Waals surface area contributed by atoms with Gasteiger partial charge in [0.2, 0.25) is 5.91 Å². The van der Waals surface area contributed by atoms with E-state index in [2.05, 4.69) is 6.07 Å². The second kappa shape index (κ2) is 11.9. The molecule has 3 aromatic heterocycles. The summed E-state index contributed by atoms with van der Waals surface area (Å²) in [5.74, 6) is -0.0830. The van der Waals surface area contributed by atoms with Crippen LogP contribution in [0, 0.1) is 5.82 Å². The van der Waals surface area contributed by atoms with Crippen molar-refractivity contribution in [1.29, 1.82) is 0 Å². The molecule has 0 unspecified atom stereocenters. The van der Waals surface area contributed by atoms with Crippen molar-refractivity contribution >= 4 is 55.1 Å². The van der Waals surface area contributed by atoms with Crippen molar-refractivity contribution in [2.75, 3.05) is 24.6 Å². The van der Waals surface area contributed by atoms with E-state index in [1.807, 2.05) is 28.8 Å². The average Bonchev–Trinajstić information content (AvgIpc) is 3.60. The van der Waals surface area contributed by atoms with E-state index >= 15 is 0 Å². The van der Waals surface area contributed by atoms with E-state index in [0.717, 1.165) is 74.9 Å². The van der Waals surface area contributed by atoms with Gasteiger partial charge in [0.25, 0.3) is 0 Å². The first kappa shape index (κ1) is 28.9. The number of carboxylic acid groups (broad SMARTS) is 1. The summed E-state index contributed by atoms with van der Waals surface area (Å²) in [6.07, 6.45) is 5.47. The standard InChI is InChI=1S/C34H32FN3O4S2/c35-25-10-6-21(7-11-25)26-12-8-23-18-24(9-13-27(23)36-26)32-31(22-4-2-1-3-5-22)33-28(19-29(43-33)34(40)41)38(32)20-30(39)37-14-16-44(42)17-15-37/h6-13,18-19,22H,1-5,14-17,20H2,(H,40,41). The van der Waals surface area contributed by atoms with Crippen molar-refractivity contribution < 1.29 is 23.3 Å². The van der Waals surface area contributed by atoms with E-state index in [9.17, 15) is 23.3 Å². The maximum absolute atomic E-state index is 13.7. The molecule has 1 aliphatic heterocycles. The number of carbonyl (C=O) groups is 2. The van der Waals surface area contributed by atoms with Crippen LogP contribution >= 0.6 is 11.3 Å². The summed E-state index contributed by atoms with van der Waals surface area (Å²) in [6.45, 7) is 1.01. The maximum Gasteiger partial charge on any atom is 0.345 e. The second-order valence-corrected chi connectivity index (χ2v) is 14.4. The number of aromatic carboxylic acids is 1. The topological polar surface area (TPSA) is 92.5 Å². The van der Waals surface area contributed by atoms with Crippen molar-refractivity contribution in [3.05, 3.63) is 76.9 Å². The number of fused-ring (bicyclic) bond motifs is 2. The lowest BCUT2D eigenvalue weighted by Gasteiger charge is -2.27. The highest BCUT2D eigenvalue weighted by atomic mass is 32.2. The van der Waals surface area contributed by atoms with E-state index < -0.39 is 16.8 Å². The summed E-state index contributed by atoms with van der Waals surface area (Å²) < 4.78 is 28.4. The summed E-state index contributed by atoms with van der Waals surface area (Å²) in [7, 11) is -0.897. The van der Waals surface area contributed by atoms with E-state index in [4.69, 9.17) is 4.98 Å². The Balaban J connectivity index is 1.37. The largest absolute Gasteiger partial charge is 0.477 e. The molecule has 2 aromatic carbocycles. The summed E-state index contributed by atoms with van der Waals surface area (Å²) >= 11 is 1.30. The molecule has 7 nitrogen and oxygen atoms in total. The SMILES string of the molecule is O=C(O)c1cc2c(s1)c(C1CCCCC1)c(-c1ccc3nc(-c4ccc(F)cc4)ccc3c1)n2CC(=O)N1CCS(=O)CC1. The van der Waals surface area contributed by atoms with Crippen LogP contribution in [0.5, 0.6) is 0 Å². The van der Waals surface area contributed by atoms with Crippen LogP contribution in [0.4, 0.5) is 4.39 Å². The van der Waals surface area contributed by atoms with Gasteiger partial charge in [0, 0.05) is 46.3 Å². The van der Waals surface area contributed by atoms with Gasteiger partial charge < -0.3 is 14.6 Å². The molecule has 44 heavy (non-hydrogen) atoms. The number of hydrogen-bond acceptors (Lipinski definition) is 5. The highest BCUT2D eigenvalue weighted by molar-refractivity contribution is 7.85. The Morgan fingerprint density at radius 2 is 1.68 bits per heavy atom. The molecule has 0 atom stereocenters. The number of amides is 1. The number of pyridine rings is 1. The third-order valence-corrected chi connectivity index (χ3v) is 11.3. The zero-order valence-corrected chi connectivity index (χ0v) is 25.8. The number of halogens is 1. The lowest BCUT2D eigenvalue weighted by atomic mass is 9.83. The van der Waals surface area contributed by atoms with Crippen molar-refractivity contribution in [2.24, 2.45) is 0 Å². The molecule has 1 N–H and O–H groups in total. The maximum atomic E-state index is 13.7. The zero-order valence-electron chi connectivity index (χ0n) is 24.1. The Kier molecular flexibility index (Phi) is 7.80. The Hall–Kier alpha value is -3.89. The third kappa shape index (κ3) is 5.45. The van der Waals surface area contributed by atoms with Crippen LogP contribution in [0.1, 0.15) is 53.3 Å². The molecule has 226 valence electrons. The van der Waals surface area contributed by atoms with Crippen molar-refractivity contribution in [3.8, 4) is 22.5 Å². The molecule has 2 aliphatic rings. The van der Waals surface area contributed by atoms with Crippen LogP contribution in [0.25, 0.3) is 43.6 Å². The van der Waals surface area contributed by atoms with Gasteiger partial charge >= 0.3 is 5.97 Å². The number of benzene rings is 2. The monoisotopic (exact) mass is 629 g/mol. The van der Waals surface area contributed by atoms with Gasteiger partial charge in [-0.2, -0.15) is 0 Å². The zero-order chi connectivity index (χ0) is 30.4. The fourth-order valence-electron chi connectivity index (χ4n) is 6.68. The van der Waals surface area contributed by atoms with Crippen molar-refractivity contribution in [2.45, 2.75) is 44.6 Å². The van der Waals surface area contributed by atoms with Gasteiger partial charge in [0.15, 0.2) is 0 Å². The third-order valence-electron chi connectivity index (χ3n) is 8.92. The number of rotatable bonds is 6. The first-order valence-electron chi connectivity index (χ1n) is 15.0. The van der Waals surface area contributed by atoms with Gasteiger partial charge in [0.1, 0.15) is 17.2 Å². The number of carboxylic acids is 1. The first-order chi connectivity index (χ1) is 21.4. The van der Waals surface area contributed by atoms with Crippen LogP contribution in [0.15, 0.2) is 60.7 Å². The van der Waals surface area contributed by atoms with Crippen LogP contribution in [0.2, 0.25) is 0 Å². The van der Waals surface area contributed by atoms with Gasteiger partial charge in [0.05, 0.1) is 27.1 Å². The summed E-state index contributed by atoms with van der Waals surface area (Å²) in [5.41, 5.74) is 6.24. The van der Waals surface area contributed by atoms with Gasteiger partial charge in [-0.15, -0.1) is 11.3 Å². The molecule has 4 heterocycles. The Labute approximate surface area is 260 Å². The molecule has 5 aromatic rings. The van der Waals surface area contributed by atoms with E-state index in [1.54, 1.807) is 23.1 Å². The first-order valence-corrected chi connectivity index (χ1v) is 17.4. The number of thiophene rings is 1. The highest BCUT2D eigenvalue weighted by Crippen LogP contribution is 2.47. The Morgan fingerprint density at radius 1 is 0.955 bits per heavy atom. The fourth-order valence-corrected chi connectivity index (χ4v) is 8.85.